The summed E-state index contributed by atoms with van der Waals surface area (Å²) >= 11 is 0. The third-order valence-electron chi connectivity index (χ3n) is 3.94. The fourth-order valence-electron chi connectivity index (χ4n) is 2.61. The minimum absolute atomic E-state index is 0.0787. The number of phenolic OH excluding ortho intramolecular Hbond substituents is 1. The van der Waals surface area contributed by atoms with Gasteiger partial charge in [0.05, 0.1) is 12.3 Å². The lowest BCUT2D eigenvalue weighted by molar-refractivity contribution is -0.137. The molecule has 0 bridgehead atoms. The summed E-state index contributed by atoms with van der Waals surface area (Å²) in [5.74, 6) is -0.571. The maximum Gasteiger partial charge on any atom is 0.227 e. The molecule has 0 aromatic heterocycles. The number of hydrogen-bond acceptors (Lipinski definition) is 3. The molecule has 1 aromatic rings. The average molecular weight is 276 g/mol. The summed E-state index contributed by atoms with van der Waals surface area (Å²) in [6.07, 6.45) is 1.65. The SMILES string of the molecule is CC1CCC(C(N)=O)CN1C(=O)Cc1ccccc1O. The number of likely N-dealkylation sites (tertiary alicyclic amines) is 1. The van der Waals surface area contributed by atoms with Gasteiger partial charge in [0.2, 0.25) is 11.8 Å². The maximum atomic E-state index is 12.4. The zero-order valence-corrected chi connectivity index (χ0v) is 11.6. The van der Waals surface area contributed by atoms with E-state index in [9.17, 15) is 14.7 Å². The van der Waals surface area contributed by atoms with Crippen molar-refractivity contribution in [3.8, 4) is 5.75 Å². The predicted octanol–water partition coefficient (Wildman–Crippen LogP) is 1.05. The molecular formula is C15H20N2O3. The number of aromatic hydroxyl groups is 1. The lowest BCUT2D eigenvalue weighted by atomic mass is 9.92. The molecule has 5 nitrogen and oxygen atoms in total. The standard InChI is InChI=1S/C15H20N2O3/c1-10-6-7-12(15(16)20)9-17(10)14(19)8-11-4-2-3-5-13(11)18/h2-5,10,12,18H,6-9H2,1H3,(H2,16,20). The molecule has 2 atom stereocenters. The number of nitrogens with two attached hydrogens (primary N) is 1. The second kappa shape index (κ2) is 5.94. The van der Waals surface area contributed by atoms with Crippen LogP contribution in [-0.4, -0.2) is 34.4 Å². The molecule has 0 radical (unpaired) electrons. The number of benzene rings is 1. The highest BCUT2D eigenvalue weighted by Gasteiger charge is 2.31. The molecule has 1 fully saturated rings. The number of primary amides is 1. The summed E-state index contributed by atoms with van der Waals surface area (Å²) < 4.78 is 0. The molecular weight excluding hydrogens is 256 g/mol. The Kier molecular flexibility index (Phi) is 4.27. The Bertz CT molecular complexity index is 516. The van der Waals surface area contributed by atoms with Crippen molar-refractivity contribution < 1.29 is 14.7 Å². The third kappa shape index (κ3) is 3.10. The van der Waals surface area contributed by atoms with Gasteiger partial charge in [-0.25, -0.2) is 0 Å². The van der Waals surface area contributed by atoms with Gasteiger partial charge in [0.15, 0.2) is 0 Å². The molecule has 2 amide bonds. The Hall–Kier alpha value is -2.04. The quantitative estimate of drug-likeness (QED) is 0.865. The van der Waals surface area contributed by atoms with E-state index in [2.05, 4.69) is 0 Å². The maximum absolute atomic E-state index is 12.4. The fraction of sp³-hybridized carbons (Fsp3) is 0.467. The number of carbonyl (C=O) groups is 2. The van der Waals surface area contributed by atoms with Crippen LogP contribution in [0.25, 0.3) is 0 Å². The molecule has 20 heavy (non-hydrogen) atoms. The molecule has 1 aliphatic rings. The van der Waals surface area contributed by atoms with Crippen LogP contribution in [0, 0.1) is 5.92 Å². The third-order valence-corrected chi connectivity index (χ3v) is 3.94. The first kappa shape index (κ1) is 14.4. The summed E-state index contributed by atoms with van der Waals surface area (Å²) in [6.45, 7) is 2.35. The molecule has 5 heteroatoms. The molecule has 3 N–H and O–H groups in total. The summed E-state index contributed by atoms with van der Waals surface area (Å²) in [5.41, 5.74) is 5.94. The molecule has 1 aliphatic heterocycles. The van der Waals surface area contributed by atoms with Crippen molar-refractivity contribution in [3.05, 3.63) is 29.8 Å². The molecule has 0 spiro atoms. The van der Waals surface area contributed by atoms with Crippen LogP contribution in [0.2, 0.25) is 0 Å². The van der Waals surface area contributed by atoms with Crippen LogP contribution in [0.5, 0.6) is 5.75 Å². The summed E-state index contributed by atoms with van der Waals surface area (Å²) in [4.78, 5) is 25.3. The van der Waals surface area contributed by atoms with Gasteiger partial charge in [-0.2, -0.15) is 0 Å². The molecule has 2 rings (SSSR count). The van der Waals surface area contributed by atoms with Crippen LogP contribution in [0.4, 0.5) is 0 Å². The van der Waals surface area contributed by atoms with Gasteiger partial charge in [0, 0.05) is 18.2 Å². The van der Waals surface area contributed by atoms with Crippen molar-refractivity contribution in [3.63, 3.8) is 0 Å². The number of carbonyl (C=O) groups excluding carboxylic acids is 2. The lowest BCUT2D eigenvalue weighted by Gasteiger charge is -2.37. The first-order valence-electron chi connectivity index (χ1n) is 6.84. The van der Waals surface area contributed by atoms with Crippen LogP contribution < -0.4 is 5.73 Å². The number of nitrogens with zero attached hydrogens (tertiary/aromatic N) is 1. The van der Waals surface area contributed by atoms with E-state index in [0.29, 0.717) is 12.1 Å². The van der Waals surface area contributed by atoms with Crippen LogP contribution in [0.15, 0.2) is 24.3 Å². The van der Waals surface area contributed by atoms with Crippen LogP contribution in [0.3, 0.4) is 0 Å². The minimum Gasteiger partial charge on any atom is -0.508 e. The topological polar surface area (TPSA) is 83.6 Å². The molecule has 0 saturated carbocycles. The van der Waals surface area contributed by atoms with Crippen molar-refractivity contribution in [2.45, 2.75) is 32.2 Å². The highest BCUT2D eigenvalue weighted by molar-refractivity contribution is 5.82. The second-order valence-corrected chi connectivity index (χ2v) is 5.38. The molecule has 1 aromatic carbocycles. The first-order valence-corrected chi connectivity index (χ1v) is 6.84. The van der Waals surface area contributed by atoms with Crippen molar-refractivity contribution in [2.24, 2.45) is 11.7 Å². The van der Waals surface area contributed by atoms with E-state index in [4.69, 9.17) is 5.73 Å². The smallest absolute Gasteiger partial charge is 0.227 e. The number of piperidine rings is 1. The van der Waals surface area contributed by atoms with E-state index >= 15 is 0 Å². The first-order chi connectivity index (χ1) is 9.49. The largest absolute Gasteiger partial charge is 0.508 e. The Labute approximate surface area is 118 Å². The lowest BCUT2D eigenvalue weighted by Crippen LogP contribution is -2.49. The van der Waals surface area contributed by atoms with Gasteiger partial charge in [0.1, 0.15) is 5.75 Å². The van der Waals surface area contributed by atoms with Gasteiger partial charge >= 0.3 is 0 Å². The zero-order valence-electron chi connectivity index (χ0n) is 11.6. The number of amides is 2. The number of para-hydroxylation sites is 1. The second-order valence-electron chi connectivity index (χ2n) is 5.38. The van der Waals surface area contributed by atoms with Crippen LogP contribution in [-0.2, 0) is 16.0 Å². The van der Waals surface area contributed by atoms with E-state index in [1.807, 2.05) is 6.92 Å². The zero-order chi connectivity index (χ0) is 14.7. The Morgan fingerprint density at radius 2 is 2.05 bits per heavy atom. The van der Waals surface area contributed by atoms with Crippen molar-refractivity contribution in [1.82, 2.24) is 4.90 Å². The number of rotatable bonds is 3. The fourth-order valence-corrected chi connectivity index (χ4v) is 2.61. The van der Waals surface area contributed by atoms with Gasteiger partial charge in [0.25, 0.3) is 0 Å². The molecule has 0 aliphatic carbocycles. The van der Waals surface area contributed by atoms with E-state index in [1.165, 1.54) is 0 Å². The number of hydrogen-bond donors (Lipinski definition) is 2. The van der Waals surface area contributed by atoms with Crippen molar-refractivity contribution in [1.29, 1.82) is 0 Å². The van der Waals surface area contributed by atoms with Gasteiger partial charge < -0.3 is 15.7 Å². The van der Waals surface area contributed by atoms with Gasteiger partial charge in [-0.3, -0.25) is 9.59 Å². The van der Waals surface area contributed by atoms with Gasteiger partial charge in [-0.1, -0.05) is 18.2 Å². The number of phenols is 1. The predicted molar refractivity (Wildman–Crippen MR) is 74.9 cm³/mol. The van der Waals surface area contributed by atoms with Crippen molar-refractivity contribution >= 4 is 11.8 Å². The average Bonchev–Trinajstić information content (AvgIpc) is 2.41. The Morgan fingerprint density at radius 3 is 2.70 bits per heavy atom. The van der Waals surface area contributed by atoms with E-state index in [1.54, 1.807) is 29.2 Å². The summed E-state index contributed by atoms with van der Waals surface area (Å²) in [7, 11) is 0. The molecule has 1 heterocycles. The van der Waals surface area contributed by atoms with Crippen molar-refractivity contribution in [2.75, 3.05) is 6.54 Å². The minimum atomic E-state index is -0.350. The van der Waals surface area contributed by atoms with Crippen LogP contribution >= 0.6 is 0 Å². The summed E-state index contributed by atoms with van der Waals surface area (Å²) in [5, 5.41) is 9.72. The van der Waals surface area contributed by atoms with E-state index < -0.39 is 0 Å². The normalized spacial score (nSPS) is 22.6. The summed E-state index contributed by atoms with van der Waals surface area (Å²) in [6, 6.07) is 6.90. The molecule has 1 saturated heterocycles. The van der Waals surface area contributed by atoms with Gasteiger partial charge in [-0.05, 0) is 25.8 Å². The van der Waals surface area contributed by atoms with E-state index in [-0.39, 0.29) is 35.9 Å². The Morgan fingerprint density at radius 1 is 1.35 bits per heavy atom. The highest BCUT2D eigenvalue weighted by atomic mass is 16.3. The van der Waals surface area contributed by atoms with E-state index in [0.717, 1.165) is 12.8 Å². The monoisotopic (exact) mass is 276 g/mol. The van der Waals surface area contributed by atoms with Gasteiger partial charge in [-0.15, -0.1) is 0 Å². The molecule has 108 valence electrons. The Balaban J connectivity index is 2.07. The highest BCUT2D eigenvalue weighted by Crippen LogP contribution is 2.24. The van der Waals surface area contributed by atoms with Crippen LogP contribution in [0.1, 0.15) is 25.3 Å². The molecule has 2 unspecified atom stereocenters.